The SMILES string of the molecule is CC1CCN(C(=O)C/C2=C/Cc3cc(-c4cnc(N)nc4)ccc3OCC2)CC1. The van der Waals surface area contributed by atoms with E-state index in [1.165, 1.54) is 5.57 Å². The topological polar surface area (TPSA) is 81.3 Å². The summed E-state index contributed by atoms with van der Waals surface area (Å²) < 4.78 is 5.99. The van der Waals surface area contributed by atoms with Crippen LogP contribution in [0.4, 0.5) is 5.95 Å². The Morgan fingerprint density at radius 2 is 1.97 bits per heavy atom. The molecule has 29 heavy (non-hydrogen) atoms. The largest absolute Gasteiger partial charge is 0.493 e. The number of carbonyl (C=O) groups excluding carboxylic acids is 1. The highest BCUT2D eigenvalue weighted by Crippen LogP contribution is 2.29. The third-order valence-corrected chi connectivity index (χ3v) is 5.87. The van der Waals surface area contributed by atoms with Crippen molar-refractivity contribution < 1.29 is 9.53 Å². The number of ether oxygens (including phenoxy) is 1. The number of fused-ring (bicyclic) bond motifs is 1. The Bertz CT molecular complexity index is 900. The van der Waals surface area contributed by atoms with Crippen LogP contribution in [0.15, 0.2) is 42.2 Å². The molecule has 0 bridgehead atoms. The average Bonchev–Trinajstić information content (AvgIpc) is 2.71. The van der Waals surface area contributed by atoms with Crippen molar-refractivity contribution in [2.45, 2.75) is 39.0 Å². The van der Waals surface area contributed by atoms with Crippen LogP contribution >= 0.6 is 0 Å². The Balaban J connectivity index is 1.47. The highest BCUT2D eigenvalue weighted by molar-refractivity contribution is 5.79. The molecule has 152 valence electrons. The van der Waals surface area contributed by atoms with Crippen molar-refractivity contribution >= 4 is 11.9 Å². The first kappa shape index (κ1) is 19.4. The minimum absolute atomic E-state index is 0.247. The number of nitrogens with two attached hydrogens (primary N) is 1. The number of amides is 1. The molecule has 0 radical (unpaired) electrons. The molecule has 2 N–H and O–H groups in total. The molecule has 1 fully saturated rings. The summed E-state index contributed by atoms with van der Waals surface area (Å²) in [4.78, 5) is 22.9. The van der Waals surface area contributed by atoms with E-state index in [1.807, 2.05) is 17.0 Å². The number of aromatic nitrogens is 2. The van der Waals surface area contributed by atoms with Gasteiger partial charge in [-0.1, -0.05) is 24.6 Å². The molecule has 2 aliphatic heterocycles. The highest BCUT2D eigenvalue weighted by atomic mass is 16.5. The van der Waals surface area contributed by atoms with Crippen LogP contribution in [0.3, 0.4) is 0 Å². The van der Waals surface area contributed by atoms with Gasteiger partial charge in [0.15, 0.2) is 0 Å². The first-order valence-corrected chi connectivity index (χ1v) is 10.4. The van der Waals surface area contributed by atoms with Gasteiger partial charge in [-0.05, 0) is 48.4 Å². The van der Waals surface area contributed by atoms with Crippen LogP contribution < -0.4 is 10.5 Å². The fraction of sp³-hybridized carbons (Fsp3) is 0.435. The Morgan fingerprint density at radius 3 is 2.72 bits per heavy atom. The minimum Gasteiger partial charge on any atom is -0.493 e. The number of anilines is 1. The second-order valence-corrected chi connectivity index (χ2v) is 8.06. The number of benzene rings is 1. The maximum atomic E-state index is 12.7. The molecule has 1 aromatic heterocycles. The van der Waals surface area contributed by atoms with Gasteiger partial charge in [0, 0.05) is 43.9 Å². The quantitative estimate of drug-likeness (QED) is 0.807. The number of piperidine rings is 1. The van der Waals surface area contributed by atoms with Crippen molar-refractivity contribution in [2.24, 2.45) is 5.92 Å². The number of nitrogen functional groups attached to an aromatic ring is 1. The molecule has 2 aliphatic rings. The molecule has 0 spiro atoms. The molecule has 0 aliphatic carbocycles. The van der Waals surface area contributed by atoms with Gasteiger partial charge in [-0.15, -0.1) is 0 Å². The summed E-state index contributed by atoms with van der Waals surface area (Å²) in [5.74, 6) is 2.14. The summed E-state index contributed by atoms with van der Waals surface area (Å²) in [6, 6.07) is 6.12. The lowest BCUT2D eigenvalue weighted by atomic mass is 9.97. The molecule has 0 unspecified atom stereocenters. The number of nitrogens with zero attached hydrogens (tertiary/aromatic N) is 3. The third kappa shape index (κ3) is 4.75. The zero-order valence-electron chi connectivity index (χ0n) is 16.9. The van der Waals surface area contributed by atoms with E-state index in [9.17, 15) is 4.79 Å². The van der Waals surface area contributed by atoms with E-state index in [2.05, 4.69) is 29.0 Å². The average molecular weight is 393 g/mol. The molecule has 3 heterocycles. The van der Waals surface area contributed by atoms with Crippen LogP contribution in [0.25, 0.3) is 11.1 Å². The number of carbonyl (C=O) groups is 1. The van der Waals surface area contributed by atoms with Gasteiger partial charge in [0.1, 0.15) is 5.75 Å². The van der Waals surface area contributed by atoms with Crippen molar-refractivity contribution in [3.63, 3.8) is 0 Å². The molecule has 6 heteroatoms. The molecular weight excluding hydrogens is 364 g/mol. The Hall–Kier alpha value is -2.89. The number of allylic oxidation sites excluding steroid dienone is 1. The second kappa shape index (κ2) is 8.64. The maximum absolute atomic E-state index is 12.7. The third-order valence-electron chi connectivity index (χ3n) is 5.87. The van der Waals surface area contributed by atoms with Crippen molar-refractivity contribution in [3.8, 4) is 16.9 Å². The van der Waals surface area contributed by atoms with Gasteiger partial charge >= 0.3 is 0 Å². The normalized spacial score (nSPS) is 19.3. The van der Waals surface area contributed by atoms with Gasteiger partial charge in [-0.2, -0.15) is 0 Å². The van der Waals surface area contributed by atoms with E-state index in [0.717, 1.165) is 67.1 Å². The van der Waals surface area contributed by atoms with Crippen molar-refractivity contribution in [1.82, 2.24) is 14.9 Å². The van der Waals surface area contributed by atoms with Gasteiger partial charge < -0.3 is 15.4 Å². The minimum atomic E-state index is 0.247. The summed E-state index contributed by atoms with van der Waals surface area (Å²) in [7, 11) is 0. The van der Waals surface area contributed by atoms with Crippen molar-refractivity contribution in [1.29, 1.82) is 0 Å². The van der Waals surface area contributed by atoms with Crippen LogP contribution in [0.2, 0.25) is 0 Å². The van der Waals surface area contributed by atoms with Crippen LogP contribution in [0.1, 0.15) is 38.2 Å². The summed E-state index contributed by atoms with van der Waals surface area (Å²) in [6.45, 7) is 4.63. The zero-order chi connectivity index (χ0) is 20.2. The van der Waals surface area contributed by atoms with Gasteiger partial charge in [0.25, 0.3) is 0 Å². The Kier molecular flexibility index (Phi) is 5.79. The Labute approximate surface area is 171 Å². The molecule has 0 atom stereocenters. The fourth-order valence-electron chi connectivity index (χ4n) is 3.92. The van der Waals surface area contributed by atoms with Gasteiger partial charge in [0.2, 0.25) is 11.9 Å². The monoisotopic (exact) mass is 392 g/mol. The van der Waals surface area contributed by atoms with Crippen molar-refractivity contribution in [3.05, 3.63) is 47.8 Å². The number of hydrogen-bond donors (Lipinski definition) is 1. The van der Waals surface area contributed by atoms with Crippen molar-refractivity contribution in [2.75, 3.05) is 25.4 Å². The lowest BCUT2D eigenvalue weighted by Crippen LogP contribution is -2.38. The van der Waals surface area contributed by atoms with E-state index < -0.39 is 0 Å². The summed E-state index contributed by atoms with van der Waals surface area (Å²) in [5.41, 5.74) is 9.81. The summed E-state index contributed by atoms with van der Waals surface area (Å²) in [5, 5.41) is 0. The van der Waals surface area contributed by atoms with E-state index in [-0.39, 0.29) is 11.9 Å². The van der Waals surface area contributed by atoms with E-state index >= 15 is 0 Å². The fourth-order valence-corrected chi connectivity index (χ4v) is 3.92. The van der Waals surface area contributed by atoms with Crippen LogP contribution in [-0.2, 0) is 11.2 Å². The molecule has 6 nitrogen and oxygen atoms in total. The van der Waals surface area contributed by atoms with Crippen LogP contribution in [-0.4, -0.2) is 40.5 Å². The zero-order valence-corrected chi connectivity index (χ0v) is 16.9. The number of likely N-dealkylation sites (tertiary alicyclic amines) is 1. The number of rotatable bonds is 3. The number of hydrogen-bond acceptors (Lipinski definition) is 5. The van der Waals surface area contributed by atoms with E-state index in [1.54, 1.807) is 12.4 Å². The lowest BCUT2D eigenvalue weighted by molar-refractivity contribution is -0.131. The first-order valence-electron chi connectivity index (χ1n) is 10.4. The lowest BCUT2D eigenvalue weighted by Gasteiger charge is -2.30. The highest BCUT2D eigenvalue weighted by Gasteiger charge is 2.21. The molecule has 1 aromatic carbocycles. The summed E-state index contributed by atoms with van der Waals surface area (Å²) >= 11 is 0. The maximum Gasteiger partial charge on any atom is 0.226 e. The van der Waals surface area contributed by atoms with Gasteiger partial charge in [-0.3, -0.25) is 4.79 Å². The molecule has 1 saturated heterocycles. The van der Waals surface area contributed by atoms with Gasteiger partial charge in [0.05, 0.1) is 6.61 Å². The molecular formula is C23H28N4O2. The summed E-state index contributed by atoms with van der Waals surface area (Å²) in [6.07, 6.45) is 9.92. The van der Waals surface area contributed by atoms with E-state index in [4.69, 9.17) is 10.5 Å². The smallest absolute Gasteiger partial charge is 0.226 e. The van der Waals surface area contributed by atoms with Crippen LogP contribution in [0.5, 0.6) is 5.75 Å². The molecule has 0 saturated carbocycles. The van der Waals surface area contributed by atoms with E-state index in [0.29, 0.717) is 13.0 Å². The predicted molar refractivity (Wildman–Crippen MR) is 113 cm³/mol. The molecule has 4 rings (SSSR count). The second-order valence-electron chi connectivity index (χ2n) is 8.06. The molecule has 1 amide bonds. The Morgan fingerprint density at radius 1 is 1.21 bits per heavy atom. The first-order chi connectivity index (χ1) is 14.1. The standard InChI is InChI=1S/C23H28N4O2/c1-16-6-9-27(10-7-16)22(28)12-17-2-3-19-13-18(4-5-21(19)29-11-8-17)20-14-25-23(24)26-15-20/h2,4-5,13-16H,3,6-12H2,1H3,(H2,24,25,26)/b17-2+. The molecule has 2 aromatic rings. The van der Waals surface area contributed by atoms with Crippen LogP contribution in [0, 0.1) is 5.92 Å². The van der Waals surface area contributed by atoms with Gasteiger partial charge in [-0.25, -0.2) is 9.97 Å². The predicted octanol–water partition coefficient (Wildman–Crippen LogP) is 3.63.